The summed E-state index contributed by atoms with van der Waals surface area (Å²) in [6, 6.07) is 23.9. The molecule has 0 radical (unpaired) electrons. The lowest BCUT2D eigenvalue weighted by Gasteiger charge is -2.17. The summed E-state index contributed by atoms with van der Waals surface area (Å²) in [6.07, 6.45) is 0. The molecule has 0 saturated heterocycles. The van der Waals surface area contributed by atoms with E-state index < -0.39 is 16.1 Å². The Morgan fingerprint density at radius 1 is 0.818 bits per heavy atom. The summed E-state index contributed by atoms with van der Waals surface area (Å²) in [4.78, 5) is 14.4. The quantitative estimate of drug-likeness (QED) is 0.360. The second kappa shape index (κ2) is 9.48. The maximum atomic E-state index is 12.9. The first-order valence-corrected chi connectivity index (χ1v) is 12.1. The average molecular weight is 463 g/mol. The smallest absolute Gasteiger partial charge is 0.319 e. The van der Waals surface area contributed by atoms with Gasteiger partial charge in [-0.05, 0) is 35.0 Å². The number of nitrogens with zero attached hydrogens (tertiary/aromatic N) is 1. The van der Waals surface area contributed by atoms with E-state index in [4.69, 9.17) is 0 Å². The maximum Gasteiger partial charge on any atom is 0.319 e. The van der Waals surface area contributed by atoms with Crippen LogP contribution in [0.15, 0.2) is 83.8 Å². The summed E-state index contributed by atoms with van der Waals surface area (Å²) in [5.74, 6) is 0. The Bertz CT molecular complexity index is 1420. The molecule has 2 amide bonds. The van der Waals surface area contributed by atoms with Gasteiger partial charge in [0.05, 0.1) is 4.90 Å². The van der Waals surface area contributed by atoms with E-state index in [0.29, 0.717) is 11.1 Å². The van der Waals surface area contributed by atoms with Crippen molar-refractivity contribution in [2.45, 2.75) is 4.90 Å². The number of urea groups is 1. The van der Waals surface area contributed by atoms with Crippen LogP contribution in [0.2, 0.25) is 0 Å². The fraction of sp³-hybridized carbons (Fsp3) is 0.160. The van der Waals surface area contributed by atoms with E-state index in [2.05, 4.69) is 15.4 Å². The Balaban J connectivity index is 1.37. The van der Waals surface area contributed by atoms with Crippen LogP contribution < -0.4 is 20.3 Å². The Labute approximate surface area is 193 Å². The first-order valence-electron chi connectivity index (χ1n) is 10.6. The molecular formula is C25H26N4O3S. The third kappa shape index (κ3) is 5.08. The van der Waals surface area contributed by atoms with Gasteiger partial charge in [-0.1, -0.05) is 54.6 Å². The molecular weight excluding hydrogens is 436 g/mol. The van der Waals surface area contributed by atoms with E-state index >= 15 is 0 Å². The number of rotatable bonds is 7. The zero-order chi connectivity index (χ0) is 23.4. The highest BCUT2D eigenvalue weighted by Crippen LogP contribution is 2.30. The van der Waals surface area contributed by atoms with Crippen molar-refractivity contribution < 1.29 is 13.2 Å². The van der Waals surface area contributed by atoms with Gasteiger partial charge in [0.2, 0.25) is 10.0 Å². The second-order valence-electron chi connectivity index (χ2n) is 7.86. The van der Waals surface area contributed by atoms with Gasteiger partial charge in [0.25, 0.3) is 0 Å². The SMILES string of the molecule is CN(C)c1cccc2c(S(=O)(=O)NCCNC(=O)Nc3ccc4ccccc4c3)cccc12. The summed E-state index contributed by atoms with van der Waals surface area (Å²) >= 11 is 0. The van der Waals surface area contributed by atoms with E-state index in [1.807, 2.05) is 79.7 Å². The van der Waals surface area contributed by atoms with Crippen LogP contribution in [0.1, 0.15) is 0 Å². The molecule has 4 aromatic rings. The lowest BCUT2D eigenvalue weighted by atomic mass is 10.1. The van der Waals surface area contributed by atoms with Gasteiger partial charge in [-0.3, -0.25) is 0 Å². The van der Waals surface area contributed by atoms with Crippen LogP contribution in [0, 0.1) is 0 Å². The molecule has 0 saturated carbocycles. The fourth-order valence-corrected chi connectivity index (χ4v) is 5.02. The van der Waals surface area contributed by atoms with Crippen molar-refractivity contribution in [3.8, 4) is 0 Å². The number of hydrogen-bond acceptors (Lipinski definition) is 4. The minimum Gasteiger partial charge on any atom is -0.377 e. The Morgan fingerprint density at radius 2 is 1.55 bits per heavy atom. The molecule has 0 aliphatic carbocycles. The van der Waals surface area contributed by atoms with Gasteiger partial charge in [0.1, 0.15) is 0 Å². The molecule has 4 aromatic carbocycles. The van der Waals surface area contributed by atoms with Gasteiger partial charge in [-0.2, -0.15) is 0 Å². The van der Waals surface area contributed by atoms with Gasteiger partial charge in [0, 0.05) is 49.3 Å². The minimum atomic E-state index is -3.75. The number of nitrogens with one attached hydrogen (secondary N) is 3. The largest absolute Gasteiger partial charge is 0.377 e. The molecule has 0 heterocycles. The number of carbonyl (C=O) groups excluding carboxylic acids is 1. The molecule has 0 fully saturated rings. The summed E-state index contributed by atoms with van der Waals surface area (Å²) in [7, 11) is 0.0882. The standard InChI is InChI=1S/C25H26N4O3S/c1-29(2)23-11-5-10-22-21(23)9-6-12-24(22)33(31,32)27-16-15-26-25(30)28-20-14-13-18-7-3-4-8-19(18)17-20/h3-14,17,27H,15-16H2,1-2H3,(H2,26,28,30). The van der Waals surface area contributed by atoms with E-state index in [1.54, 1.807) is 18.2 Å². The van der Waals surface area contributed by atoms with Crippen LogP contribution in [0.25, 0.3) is 21.5 Å². The molecule has 7 nitrogen and oxygen atoms in total. The van der Waals surface area contributed by atoms with Gasteiger partial charge in [0.15, 0.2) is 0 Å². The van der Waals surface area contributed by atoms with E-state index in [-0.39, 0.29) is 18.0 Å². The zero-order valence-corrected chi connectivity index (χ0v) is 19.3. The van der Waals surface area contributed by atoms with E-state index in [0.717, 1.165) is 21.8 Å². The monoisotopic (exact) mass is 462 g/mol. The zero-order valence-electron chi connectivity index (χ0n) is 18.5. The molecule has 0 unspecified atom stereocenters. The summed E-state index contributed by atoms with van der Waals surface area (Å²) in [5, 5.41) is 9.07. The van der Waals surface area contributed by atoms with Crippen LogP contribution in [0.5, 0.6) is 0 Å². The number of sulfonamides is 1. The second-order valence-corrected chi connectivity index (χ2v) is 9.60. The third-order valence-corrected chi connectivity index (χ3v) is 6.86. The molecule has 4 rings (SSSR count). The normalized spacial score (nSPS) is 11.5. The van der Waals surface area contributed by atoms with Crippen LogP contribution >= 0.6 is 0 Å². The van der Waals surface area contributed by atoms with Crippen LogP contribution in [-0.2, 0) is 10.0 Å². The molecule has 170 valence electrons. The van der Waals surface area contributed by atoms with E-state index in [1.165, 1.54) is 0 Å². The number of fused-ring (bicyclic) bond motifs is 2. The summed E-state index contributed by atoms with van der Waals surface area (Å²) in [6.45, 7) is 0.212. The summed E-state index contributed by atoms with van der Waals surface area (Å²) < 4.78 is 28.4. The number of anilines is 2. The minimum absolute atomic E-state index is 0.0667. The average Bonchev–Trinajstić information content (AvgIpc) is 2.81. The van der Waals surface area contributed by atoms with Crippen LogP contribution in [0.4, 0.5) is 16.2 Å². The van der Waals surface area contributed by atoms with Crippen molar-refractivity contribution in [2.24, 2.45) is 0 Å². The van der Waals surface area contributed by atoms with Crippen molar-refractivity contribution in [3.63, 3.8) is 0 Å². The molecule has 0 aromatic heterocycles. The van der Waals surface area contributed by atoms with Gasteiger partial charge < -0.3 is 15.5 Å². The number of benzene rings is 4. The molecule has 0 spiro atoms. The van der Waals surface area contributed by atoms with Gasteiger partial charge >= 0.3 is 6.03 Å². The first kappa shape index (κ1) is 22.6. The molecule has 0 atom stereocenters. The predicted molar refractivity (Wildman–Crippen MR) is 134 cm³/mol. The number of hydrogen-bond donors (Lipinski definition) is 3. The lowest BCUT2D eigenvalue weighted by molar-refractivity contribution is 0.252. The topological polar surface area (TPSA) is 90.5 Å². The van der Waals surface area contributed by atoms with Crippen molar-refractivity contribution >= 4 is 49.0 Å². The van der Waals surface area contributed by atoms with Gasteiger partial charge in [-0.15, -0.1) is 0 Å². The van der Waals surface area contributed by atoms with Crippen molar-refractivity contribution in [2.75, 3.05) is 37.4 Å². The van der Waals surface area contributed by atoms with Crippen molar-refractivity contribution in [1.82, 2.24) is 10.0 Å². The number of carbonyl (C=O) groups is 1. The third-order valence-electron chi connectivity index (χ3n) is 5.34. The predicted octanol–water partition coefficient (Wildman–Crippen LogP) is 4.16. The highest BCUT2D eigenvalue weighted by Gasteiger charge is 2.18. The summed E-state index contributed by atoms with van der Waals surface area (Å²) in [5.41, 5.74) is 1.61. The maximum absolute atomic E-state index is 12.9. The van der Waals surface area contributed by atoms with E-state index in [9.17, 15) is 13.2 Å². The van der Waals surface area contributed by atoms with Crippen LogP contribution in [-0.4, -0.2) is 41.6 Å². The Hall–Kier alpha value is -3.62. The highest BCUT2D eigenvalue weighted by atomic mass is 32.2. The lowest BCUT2D eigenvalue weighted by Crippen LogP contribution is -2.36. The Morgan fingerprint density at radius 3 is 2.33 bits per heavy atom. The molecule has 0 bridgehead atoms. The van der Waals surface area contributed by atoms with Gasteiger partial charge in [-0.25, -0.2) is 17.9 Å². The first-order chi connectivity index (χ1) is 15.8. The highest BCUT2D eigenvalue weighted by molar-refractivity contribution is 7.89. The fourth-order valence-electron chi connectivity index (χ4n) is 3.77. The van der Waals surface area contributed by atoms with Crippen molar-refractivity contribution in [1.29, 1.82) is 0 Å². The molecule has 0 aliphatic rings. The molecule has 8 heteroatoms. The molecule has 33 heavy (non-hydrogen) atoms. The molecule has 0 aliphatic heterocycles. The van der Waals surface area contributed by atoms with Crippen LogP contribution in [0.3, 0.4) is 0 Å². The molecule has 3 N–H and O–H groups in total. The van der Waals surface area contributed by atoms with Crippen molar-refractivity contribution in [3.05, 3.63) is 78.9 Å². The Kier molecular flexibility index (Phi) is 6.48. The number of amides is 2.